The number of anilines is 1. The van der Waals surface area contributed by atoms with Crippen molar-refractivity contribution >= 4 is 25.0 Å². The van der Waals surface area contributed by atoms with Gasteiger partial charge in [0.1, 0.15) is 7.85 Å². The normalized spacial score (nSPS) is 10.3. The molecule has 2 radical (unpaired) electrons. The van der Waals surface area contributed by atoms with E-state index >= 15 is 0 Å². The molecule has 1 N–H and O–H groups in total. The van der Waals surface area contributed by atoms with Crippen LogP contribution in [-0.2, 0) is 4.79 Å². The van der Waals surface area contributed by atoms with Crippen molar-refractivity contribution in [1.29, 1.82) is 0 Å². The first-order chi connectivity index (χ1) is 6.52. The van der Waals surface area contributed by atoms with Crippen LogP contribution in [0.2, 0.25) is 0 Å². The standard InChI is InChI=1S/C7H4BF3N2O/c8-5-4(9)3(1-2-12-5)13-7(14)6(10)11/h1-2,6H,(H,12,13,14). The molecule has 0 aliphatic rings. The molecule has 0 saturated heterocycles. The lowest BCUT2D eigenvalue weighted by Gasteiger charge is -2.06. The van der Waals surface area contributed by atoms with E-state index in [1.807, 2.05) is 0 Å². The molecule has 1 aromatic rings. The summed E-state index contributed by atoms with van der Waals surface area (Å²) in [6.45, 7) is 0. The fourth-order valence-corrected chi connectivity index (χ4v) is 0.744. The molecular formula is C7H4BF3N2O. The van der Waals surface area contributed by atoms with E-state index in [2.05, 4.69) is 4.98 Å². The zero-order valence-corrected chi connectivity index (χ0v) is 6.80. The van der Waals surface area contributed by atoms with Crippen LogP contribution in [0.4, 0.5) is 18.9 Å². The average molecular weight is 200 g/mol. The Balaban J connectivity index is 2.87. The molecule has 0 atom stereocenters. The predicted molar refractivity (Wildman–Crippen MR) is 44.2 cm³/mol. The van der Waals surface area contributed by atoms with Crippen molar-refractivity contribution in [1.82, 2.24) is 4.98 Å². The maximum absolute atomic E-state index is 13.0. The fourth-order valence-electron chi connectivity index (χ4n) is 0.744. The second-order valence-corrected chi connectivity index (χ2v) is 2.35. The highest BCUT2D eigenvalue weighted by Crippen LogP contribution is 2.10. The Morgan fingerprint density at radius 2 is 2.21 bits per heavy atom. The minimum Gasteiger partial charge on any atom is -0.319 e. The molecule has 0 fully saturated rings. The van der Waals surface area contributed by atoms with Gasteiger partial charge in [0.05, 0.1) is 5.69 Å². The first-order valence-electron chi connectivity index (χ1n) is 3.51. The van der Waals surface area contributed by atoms with Crippen LogP contribution in [0.25, 0.3) is 0 Å². The summed E-state index contributed by atoms with van der Waals surface area (Å²) in [5.74, 6) is -2.61. The van der Waals surface area contributed by atoms with E-state index in [-0.39, 0.29) is 0 Å². The van der Waals surface area contributed by atoms with Crippen molar-refractivity contribution in [2.24, 2.45) is 0 Å². The Bertz CT molecular complexity index is 359. The van der Waals surface area contributed by atoms with Gasteiger partial charge in [0.2, 0.25) is 0 Å². The van der Waals surface area contributed by atoms with Crippen molar-refractivity contribution in [3.05, 3.63) is 18.1 Å². The maximum Gasteiger partial charge on any atom is 0.315 e. The molecule has 1 heterocycles. The summed E-state index contributed by atoms with van der Waals surface area (Å²) in [6.07, 6.45) is -2.11. The van der Waals surface area contributed by atoms with Gasteiger partial charge >= 0.3 is 6.43 Å². The van der Waals surface area contributed by atoms with Crippen molar-refractivity contribution < 1.29 is 18.0 Å². The first kappa shape index (κ1) is 10.6. The highest BCUT2D eigenvalue weighted by atomic mass is 19.3. The number of nitrogens with one attached hydrogen (secondary N) is 1. The lowest BCUT2D eigenvalue weighted by Crippen LogP contribution is -2.23. The zero-order valence-electron chi connectivity index (χ0n) is 6.80. The number of hydrogen-bond donors (Lipinski definition) is 1. The van der Waals surface area contributed by atoms with E-state index in [1.54, 1.807) is 5.32 Å². The van der Waals surface area contributed by atoms with Crippen LogP contribution in [0, 0.1) is 5.82 Å². The van der Waals surface area contributed by atoms with Gasteiger partial charge in [-0.05, 0) is 6.07 Å². The molecule has 1 aromatic heterocycles. The second kappa shape index (κ2) is 4.12. The number of halogens is 3. The number of carbonyl (C=O) groups excluding carboxylic acids is 1. The summed E-state index contributed by atoms with van der Waals surface area (Å²) >= 11 is 0. The Morgan fingerprint density at radius 1 is 1.57 bits per heavy atom. The van der Waals surface area contributed by atoms with Crippen LogP contribution < -0.4 is 10.9 Å². The van der Waals surface area contributed by atoms with E-state index in [1.165, 1.54) is 0 Å². The summed E-state index contributed by atoms with van der Waals surface area (Å²) in [5.41, 5.74) is -0.875. The van der Waals surface area contributed by atoms with Crippen LogP contribution in [0.3, 0.4) is 0 Å². The second-order valence-electron chi connectivity index (χ2n) is 2.35. The number of amides is 1. The summed E-state index contributed by atoms with van der Waals surface area (Å²) < 4.78 is 36.5. The van der Waals surface area contributed by atoms with Gasteiger partial charge in [-0.3, -0.25) is 9.78 Å². The summed E-state index contributed by atoms with van der Waals surface area (Å²) in [4.78, 5) is 13.8. The van der Waals surface area contributed by atoms with Crippen LogP contribution in [-0.4, -0.2) is 25.2 Å². The molecule has 0 saturated carbocycles. The van der Waals surface area contributed by atoms with Crippen molar-refractivity contribution in [2.75, 3.05) is 5.32 Å². The molecular weight excluding hydrogens is 196 g/mol. The van der Waals surface area contributed by atoms with Crippen LogP contribution in [0.5, 0.6) is 0 Å². The molecule has 7 heteroatoms. The predicted octanol–water partition coefficient (Wildman–Crippen LogP) is 0.218. The minimum absolute atomic E-state index is 0.414. The van der Waals surface area contributed by atoms with E-state index in [0.29, 0.717) is 0 Å². The van der Waals surface area contributed by atoms with Gasteiger partial charge in [0.25, 0.3) is 5.91 Å². The van der Waals surface area contributed by atoms with Crippen molar-refractivity contribution in [3.63, 3.8) is 0 Å². The molecule has 3 nitrogen and oxygen atoms in total. The average Bonchev–Trinajstić information content (AvgIpc) is 2.12. The number of pyridine rings is 1. The summed E-state index contributed by atoms with van der Waals surface area (Å²) in [6, 6.07) is 1.03. The molecule has 0 aliphatic carbocycles. The van der Waals surface area contributed by atoms with Crippen LogP contribution in [0.15, 0.2) is 12.3 Å². The van der Waals surface area contributed by atoms with Gasteiger partial charge in [-0.2, -0.15) is 8.78 Å². The number of nitrogens with zero attached hydrogens (tertiary/aromatic N) is 1. The smallest absolute Gasteiger partial charge is 0.315 e. The summed E-state index contributed by atoms with van der Waals surface area (Å²) in [5, 5.41) is 1.67. The third kappa shape index (κ3) is 2.24. The molecule has 0 bridgehead atoms. The Hall–Kier alpha value is -1.53. The number of alkyl halides is 2. The van der Waals surface area contributed by atoms with E-state index < -0.39 is 29.4 Å². The molecule has 72 valence electrons. The highest BCUT2D eigenvalue weighted by Gasteiger charge is 2.17. The van der Waals surface area contributed by atoms with E-state index in [0.717, 1.165) is 12.3 Å². The van der Waals surface area contributed by atoms with Gasteiger partial charge in [0.15, 0.2) is 5.82 Å². The van der Waals surface area contributed by atoms with Crippen LogP contribution in [0.1, 0.15) is 0 Å². The van der Waals surface area contributed by atoms with E-state index in [4.69, 9.17) is 7.85 Å². The first-order valence-corrected chi connectivity index (χ1v) is 3.51. The minimum atomic E-state index is -3.20. The zero-order chi connectivity index (χ0) is 10.7. The topological polar surface area (TPSA) is 42.0 Å². The molecule has 14 heavy (non-hydrogen) atoms. The third-order valence-corrected chi connectivity index (χ3v) is 1.37. The number of hydrogen-bond acceptors (Lipinski definition) is 2. The van der Waals surface area contributed by atoms with E-state index in [9.17, 15) is 18.0 Å². The number of rotatable bonds is 2. The van der Waals surface area contributed by atoms with Crippen LogP contribution >= 0.6 is 0 Å². The quantitative estimate of drug-likeness (QED) is 0.693. The highest BCUT2D eigenvalue weighted by molar-refractivity contribution is 6.31. The Labute approximate surface area is 78.7 Å². The van der Waals surface area contributed by atoms with Gasteiger partial charge in [-0.25, -0.2) is 4.39 Å². The fraction of sp³-hybridized carbons (Fsp3) is 0.143. The largest absolute Gasteiger partial charge is 0.319 e. The third-order valence-electron chi connectivity index (χ3n) is 1.37. The SMILES string of the molecule is [B]c1nccc(NC(=O)C(F)F)c1F. The van der Waals surface area contributed by atoms with Crippen molar-refractivity contribution in [2.45, 2.75) is 6.43 Å². The maximum atomic E-state index is 13.0. The monoisotopic (exact) mass is 200 g/mol. The molecule has 0 aliphatic heterocycles. The molecule has 0 aromatic carbocycles. The van der Waals surface area contributed by atoms with Gasteiger partial charge < -0.3 is 5.32 Å². The van der Waals surface area contributed by atoms with Gasteiger partial charge in [0, 0.05) is 11.8 Å². The molecule has 1 amide bonds. The number of aromatic nitrogens is 1. The molecule has 0 spiro atoms. The Morgan fingerprint density at radius 3 is 2.79 bits per heavy atom. The van der Waals surface area contributed by atoms with Gasteiger partial charge in [-0.15, -0.1) is 0 Å². The lowest BCUT2D eigenvalue weighted by atomic mass is 10.0. The number of carbonyl (C=O) groups is 1. The molecule has 0 unspecified atom stereocenters. The summed E-state index contributed by atoms with van der Waals surface area (Å²) in [7, 11) is 5.05. The molecule has 1 rings (SSSR count). The Kier molecular flexibility index (Phi) is 3.11. The van der Waals surface area contributed by atoms with Crippen molar-refractivity contribution in [3.8, 4) is 0 Å². The lowest BCUT2D eigenvalue weighted by molar-refractivity contribution is -0.126. The van der Waals surface area contributed by atoms with Gasteiger partial charge in [-0.1, -0.05) is 0 Å².